The maximum absolute atomic E-state index is 14.0. The number of benzene rings is 2. The normalized spacial score (nSPS) is 13.3. The van der Waals surface area contributed by atoms with Gasteiger partial charge in [-0.2, -0.15) is 0 Å². The number of H-pyrrole nitrogens is 1. The minimum absolute atomic E-state index is 0.0456. The molecule has 166 valence electrons. The SMILES string of the molecule is O=C(NCc1ccccn1)C1(CCCCSc2ncc[nH]2)c2ccccc2-c2ccccc21. The average molecular weight is 455 g/mol. The molecule has 0 bridgehead atoms. The van der Waals surface area contributed by atoms with Crippen LogP contribution in [0.25, 0.3) is 11.1 Å². The standard InChI is InChI=1S/C27H26N4OS/c32-25(31-19-20-9-5-7-15-28-20)27(14-6-8-18-33-26-29-16-17-30-26)23-12-3-1-10-21(23)22-11-2-4-13-24(22)27/h1-5,7,9-13,15-17H,6,8,14,18-19H2,(H,29,30)(H,31,32). The summed E-state index contributed by atoms with van der Waals surface area (Å²) < 4.78 is 0. The van der Waals surface area contributed by atoms with Crippen LogP contribution in [0.4, 0.5) is 0 Å². The highest BCUT2D eigenvalue weighted by Crippen LogP contribution is 2.51. The number of unbranched alkanes of at least 4 members (excludes halogenated alkanes) is 1. The zero-order chi connectivity index (χ0) is 22.5. The number of rotatable bonds is 9. The highest BCUT2D eigenvalue weighted by Gasteiger charge is 2.48. The third-order valence-electron chi connectivity index (χ3n) is 6.27. The van der Waals surface area contributed by atoms with Crippen LogP contribution in [0.15, 0.2) is 90.5 Å². The number of fused-ring (bicyclic) bond motifs is 3. The van der Waals surface area contributed by atoms with Gasteiger partial charge in [0.05, 0.1) is 12.2 Å². The highest BCUT2D eigenvalue weighted by molar-refractivity contribution is 7.99. The summed E-state index contributed by atoms with van der Waals surface area (Å²) in [5, 5.41) is 4.14. The lowest BCUT2D eigenvalue weighted by molar-refractivity contribution is -0.125. The number of aromatic nitrogens is 3. The molecule has 0 spiro atoms. The first-order valence-corrected chi connectivity index (χ1v) is 12.3. The van der Waals surface area contributed by atoms with Gasteiger partial charge in [0.2, 0.25) is 5.91 Å². The van der Waals surface area contributed by atoms with Crippen LogP contribution < -0.4 is 5.32 Å². The van der Waals surface area contributed by atoms with Crippen LogP contribution in [0.3, 0.4) is 0 Å². The Kier molecular flexibility index (Phi) is 6.26. The second-order valence-electron chi connectivity index (χ2n) is 8.20. The van der Waals surface area contributed by atoms with Crippen LogP contribution in [-0.2, 0) is 16.8 Å². The summed E-state index contributed by atoms with van der Waals surface area (Å²) in [7, 11) is 0. The van der Waals surface area contributed by atoms with Crippen molar-refractivity contribution in [2.45, 2.75) is 36.4 Å². The van der Waals surface area contributed by atoms with Crippen molar-refractivity contribution in [2.24, 2.45) is 0 Å². The predicted octanol–water partition coefficient (Wildman–Crippen LogP) is 5.35. The van der Waals surface area contributed by atoms with E-state index in [1.807, 2.05) is 36.5 Å². The number of carbonyl (C=O) groups is 1. The molecule has 2 N–H and O–H groups in total. The molecule has 33 heavy (non-hydrogen) atoms. The molecular weight excluding hydrogens is 428 g/mol. The molecule has 0 atom stereocenters. The maximum Gasteiger partial charge on any atom is 0.235 e. The van der Waals surface area contributed by atoms with E-state index in [0.717, 1.165) is 58.1 Å². The van der Waals surface area contributed by atoms with Gasteiger partial charge in [-0.15, -0.1) is 0 Å². The van der Waals surface area contributed by atoms with E-state index in [1.165, 1.54) is 0 Å². The Hall–Kier alpha value is -3.38. The number of amides is 1. The summed E-state index contributed by atoms with van der Waals surface area (Å²) in [6.07, 6.45) is 8.07. The molecular formula is C27H26N4OS. The fourth-order valence-corrected chi connectivity index (χ4v) is 5.60. The van der Waals surface area contributed by atoms with Gasteiger partial charge in [0, 0.05) is 24.3 Å². The number of hydrogen-bond acceptors (Lipinski definition) is 4. The molecule has 4 aromatic rings. The smallest absolute Gasteiger partial charge is 0.235 e. The van der Waals surface area contributed by atoms with Gasteiger partial charge < -0.3 is 10.3 Å². The monoisotopic (exact) mass is 454 g/mol. The van der Waals surface area contributed by atoms with Crippen LogP contribution in [0.5, 0.6) is 0 Å². The van der Waals surface area contributed by atoms with Crippen molar-refractivity contribution >= 4 is 17.7 Å². The summed E-state index contributed by atoms with van der Waals surface area (Å²) in [6, 6.07) is 22.5. The Morgan fingerprint density at radius 1 is 0.879 bits per heavy atom. The molecule has 2 aromatic carbocycles. The number of aromatic amines is 1. The fraction of sp³-hybridized carbons (Fsp3) is 0.222. The Labute approximate surface area is 198 Å². The van der Waals surface area contributed by atoms with E-state index in [1.54, 1.807) is 24.2 Å². The molecule has 0 fully saturated rings. The topological polar surface area (TPSA) is 70.7 Å². The quantitative estimate of drug-likeness (QED) is 0.264. The third kappa shape index (κ3) is 4.18. The molecule has 0 aliphatic heterocycles. The number of carbonyl (C=O) groups excluding carboxylic acids is 1. The summed E-state index contributed by atoms with van der Waals surface area (Å²) >= 11 is 1.72. The zero-order valence-electron chi connectivity index (χ0n) is 18.3. The van der Waals surface area contributed by atoms with Crippen molar-refractivity contribution in [3.05, 3.63) is 102 Å². The lowest BCUT2D eigenvalue weighted by atomic mass is 9.73. The number of nitrogens with zero attached hydrogens (tertiary/aromatic N) is 2. The van der Waals surface area contributed by atoms with Crippen LogP contribution in [0, 0.1) is 0 Å². The molecule has 2 heterocycles. The second kappa shape index (κ2) is 9.63. The second-order valence-corrected chi connectivity index (χ2v) is 9.28. The average Bonchev–Trinajstić information content (AvgIpc) is 3.49. The van der Waals surface area contributed by atoms with Crippen molar-refractivity contribution < 1.29 is 4.79 Å². The zero-order valence-corrected chi connectivity index (χ0v) is 19.1. The van der Waals surface area contributed by atoms with Crippen molar-refractivity contribution in [1.29, 1.82) is 0 Å². The molecule has 0 saturated heterocycles. The lowest BCUT2D eigenvalue weighted by Crippen LogP contribution is -2.44. The largest absolute Gasteiger partial charge is 0.349 e. The van der Waals surface area contributed by atoms with Crippen LogP contribution in [-0.4, -0.2) is 26.6 Å². The molecule has 5 nitrogen and oxygen atoms in total. The Bertz CT molecular complexity index is 1180. The first kappa shape index (κ1) is 21.5. The lowest BCUT2D eigenvalue weighted by Gasteiger charge is -2.31. The van der Waals surface area contributed by atoms with Gasteiger partial charge in [0.15, 0.2) is 5.16 Å². The van der Waals surface area contributed by atoms with Gasteiger partial charge in [-0.25, -0.2) is 4.98 Å². The van der Waals surface area contributed by atoms with Crippen molar-refractivity contribution in [2.75, 3.05) is 5.75 Å². The van der Waals surface area contributed by atoms with Gasteiger partial charge >= 0.3 is 0 Å². The number of imidazole rings is 1. The fourth-order valence-electron chi connectivity index (χ4n) is 4.77. The van der Waals surface area contributed by atoms with Crippen molar-refractivity contribution in [1.82, 2.24) is 20.3 Å². The minimum atomic E-state index is -0.697. The van der Waals surface area contributed by atoms with E-state index < -0.39 is 5.41 Å². The van der Waals surface area contributed by atoms with E-state index in [9.17, 15) is 4.79 Å². The molecule has 1 aliphatic carbocycles. The van der Waals surface area contributed by atoms with E-state index >= 15 is 0 Å². The first-order chi connectivity index (χ1) is 16.3. The van der Waals surface area contributed by atoms with E-state index in [4.69, 9.17) is 0 Å². The Balaban J connectivity index is 1.41. The summed E-state index contributed by atoms with van der Waals surface area (Å²) in [5.74, 6) is 1.01. The van der Waals surface area contributed by atoms with Gasteiger partial charge in [0.1, 0.15) is 5.41 Å². The Morgan fingerprint density at radius 3 is 2.27 bits per heavy atom. The summed E-state index contributed by atoms with van der Waals surface area (Å²) in [6.45, 7) is 0.417. The molecule has 5 rings (SSSR count). The van der Waals surface area contributed by atoms with Crippen LogP contribution >= 0.6 is 11.8 Å². The van der Waals surface area contributed by atoms with Gasteiger partial charge in [0.25, 0.3) is 0 Å². The first-order valence-electron chi connectivity index (χ1n) is 11.3. The van der Waals surface area contributed by atoms with E-state index in [2.05, 4.69) is 56.7 Å². The van der Waals surface area contributed by atoms with E-state index in [0.29, 0.717) is 6.54 Å². The summed E-state index contributed by atoms with van der Waals surface area (Å²) in [5.41, 5.74) is 4.68. The van der Waals surface area contributed by atoms with Crippen molar-refractivity contribution in [3.8, 4) is 11.1 Å². The molecule has 1 aliphatic rings. The van der Waals surface area contributed by atoms with Gasteiger partial charge in [-0.1, -0.05) is 72.8 Å². The van der Waals surface area contributed by atoms with Crippen LogP contribution in [0.2, 0.25) is 0 Å². The Morgan fingerprint density at radius 2 is 1.61 bits per heavy atom. The predicted molar refractivity (Wildman–Crippen MR) is 132 cm³/mol. The minimum Gasteiger partial charge on any atom is -0.349 e. The molecule has 0 radical (unpaired) electrons. The molecule has 1 amide bonds. The number of thioether (sulfide) groups is 1. The third-order valence-corrected chi connectivity index (χ3v) is 7.26. The van der Waals surface area contributed by atoms with Gasteiger partial charge in [-0.05, 0) is 47.2 Å². The number of pyridine rings is 1. The number of nitrogens with one attached hydrogen (secondary N) is 2. The molecule has 0 unspecified atom stereocenters. The molecule has 2 aromatic heterocycles. The van der Waals surface area contributed by atoms with Gasteiger partial charge in [-0.3, -0.25) is 9.78 Å². The summed E-state index contributed by atoms with van der Waals surface area (Å²) in [4.78, 5) is 25.7. The maximum atomic E-state index is 14.0. The molecule has 6 heteroatoms. The highest BCUT2D eigenvalue weighted by atomic mass is 32.2. The molecule has 0 saturated carbocycles. The van der Waals surface area contributed by atoms with E-state index in [-0.39, 0.29) is 5.91 Å². The number of hydrogen-bond donors (Lipinski definition) is 2. The van der Waals surface area contributed by atoms with Crippen LogP contribution in [0.1, 0.15) is 36.1 Å². The van der Waals surface area contributed by atoms with Crippen molar-refractivity contribution in [3.63, 3.8) is 0 Å².